The van der Waals surface area contributed by atoms with Gasteiger partial charge in [-0.1, -0.05) is 48.0 Å². The number of nitrogens with zero attached hydrogens (tertiary/aromatic N) is 4. The molecule has 2 aliphatic heterocycles. The van der Waals surface area contributed by atoms with Crippen LogP contribution < -0.4 is 9.91 Å². The number of amides is 1. The lowest BCUT2D eigenvalue weighted by atomic mass is 9.95. The van der Waals surface area contributed by atoms with Crippen LogP contribution in [0, 0.1) is 0 Å². The van der Waals surface area contributed by atoms with Crippen molar-refractivity contribution in [1.29, 1.82) is 0 Å². The number of benzene rings is 3. The van der Waals surface area contributed by atoms with Gasteiger partial charge in [-0.15, -0.1) is 0 Å². The molecule has 1 atom stereocenters. The molecule has 0 saturated heterocycles. The first-order valence-electron chi connectivity index (χ1n) is 10.7. The first kappa shape index (κ1) is 20.6. The molecule has 0 radical (unpaired) electrons. The SMILES string of the molecule is CN1c2ccccc2C(=O)N2C1c1ccccc1C(=NC(C)(C)C)N2c1ccc(Cl)cc1. The number of carbonyl (C=O) groups excluding carboxylic acids is 1. The van der Waals surface area contributed by atoms with E-state index in [0.29, 0.717) is 10.6 Å². The lowest BCUT2D eigenvalue weighted by Gasteiger charge is -2.52. The third-order valence-corrected chi connectivity index (χ3v) is 5.98. The highest BCUT2D eigenvalue weighted by Crippen LogP contribution is 2.44. The average molecular weight is 445 g/mol. The molecule has 0 N–H and O–H groups in total. The van der Waals surface area contributed by atoms with Crippen LogP contribution in [0.2, 0.25) is 5.02 Å². The predicted molar refractivity (Wildman–Crippen MR) is 130 cm³/mol. The molecule has 162 valence electrons. The molecule has 0 spiro atoms. The fourth-order valence-electron chi connectivity index (χ4n) is 4.43. The number of hydrogen-bond donors (Lipinski definition) is 0. The van der Waals surface area contributed by atoms with Crippen LogP contribution in [0.3, 0.4) is 0 Å². The highest BCUT2D eigenvalue weighted by atomic mass is 35.5. The van der Waals surface area contributed by atoms with Gasteiger partial charge in [0.05, 0.1) is 22.5 Å². The molecule has 6 heteroatoms. The maximum Gasteiger partial charge on any atom is 0.277 e. The molecular weight excluding hydrogens is 420 g/mol. The van der Waals surface area contributed by atoms with Gasteiger partial charge in [-0.3, -0.25) is 9.79 Å². The topological polar surface area (TPSA) is 39.2 Å². The fraction of sp³-hybridized carbons (Fsp3) is 0.231. The van der Waals surface area contributed by atoms with Crippen molar-refractivity contribution in [1.82, 2.24) is 5.01 Å². The normalized spacial score (nSPS) is 19.0. The molecule has 1 unspecified atom stereocenters. The largest absolute Gasteiger partial charge is 0.348 e. The zero-order chi connectivity index (χ0) is 22.6. The highest BCUT2D eigenvalue weighted by molar-refractivity contribution is 6.30. The highest BCUT2D eigenvalue weighted by Gasteiger charge is 2.47. The van der Waals surface area contributed by atoms with E-state index in [1.165, 1.54) is 0 Å². The summed E-state index contributed by atoms with van der Waals surface area (Å²) in [7, 11) is 2.03. The van der Waals surface area contributed by atoms with Crippen LogP contribution in [-0.4, -0.2) is 29.3 Å². The number of para-hydroxylation sites is 1. The maximum atomic E-state index is 13.9. The number of hydrogen-bond acceptors (Lipinski definition) is 3. The summed E-state index contributed by atoms with van der Waals surface area (Å²) in [5.41, 5.74) is 4.13. The van der Waals surface area contributed by atoms with Crippen molar-refractivity contribution in [2.45, 2.75) is 32.5 Å². The molecule has 3 aromatic carbocycles. The summed E-state index contributed by atoms with van der Waals surface area (Å²) >= 11 is 6.19. The second-order valence-corrected chi connectivity index (χ2v) is 9.57. The number of amidine groups is 1. The third-order valence-electron chi connectivity index (χ3n) is 5.73. The van der Waals surface area contributed by atoms with Gasteiger partial charge in [0.15, 0.2) is 12.0 Å². The number of aliphatic imine (C=N–C) groups is 1. The minimum absolute atomic E-state index is 0.0604. The van der Waals surface area contributed by atoms with Crippen LogP contribution in [0.4, 0.5) is 11.4 Å². The second kappa shape index (κ2) is 7.38. The molecule has 5 nitrogen and oxygen atoms in total. The van der Waals surface area contributed by atoms with Gasteiger partial charge < -0.3 is 4.90 Å². The van der Waals surface area contributed by atoms with Crippen LogP contribution in [-0.2, 0) is 0 Å². The van der Waals surface area contributed by atoms with E-state index in [1.807, 2.05) is 77.7 Å². The molecule has 3 aromatic rings. The van der Waals surface area contributed by atoms with Gasteiger partial charge in [0.2, 0.25) is 0 Å². The number of rotatable bonds is 1. The number of hydrazine groups is 1. The van der Waals surface area contributed by atoms with Crippen LogP contribution in [0.25, 0.3) is 0 Å². The van der Waals surface area contributed by atoms with Crippen molar-refractivity contribution in [3.8, 4) is 0 Å². The quantitative estimate of drug-likeness (QED) is 0.468. The Balaban J connectivity index is 1.83. The van der Waals surface area contributed by atoms with Crippen molar-refractivity contribution in [2.24, 2.45) is 4.99 Å². The van der Waals surface area contributed by atoms with Gasteiger partial charge in [-0.2, -0.15) is 0 Å². The van der Waals surface area contributed by atoms with Crippen LogP contribution in [0.15, 0.2) is 77.8 Å². The van der Waals surface area contributed by atoms with Crippen LogP contribution >= 0.6 is 11.6 Å². The molecule has 0 fully saturated rings. The van der Waals surface area contributed by atoms with E-state index in [0.717, 1.165) is 28.3 Å². The molecule has 0 saturated carbocycles. The van der Waals surface area contributed by atoms with Gasteiger partial charge >= 0.3 is 0 Å². The molecular formula is C26H25ClN4O. The van der Waals surface area contributed by atoms with E-state index in [9.17, 15) is 4.79 Å². The van der Waals surface area contributed by atoms with Crippen molar-refractivity contribution >= 4 is 34.7 Å². The van der Waals surface area contributed by atoms with Gasteiger partial charge in [0, 0.05) is 23.2 Å². The summed E-state index contributed by atoms with van der Waals surface area (Å²) in [4.78, 5) is 21.2. The summed E-state index contributed by atoms with van der Waals surface area (Å²) in [6.07, 6.45) is -0.303. The first-order chi connectivity index (χ1) is 15.3. The molecule has 32 heavy (non-hydrogen) atoms. The lowest BCUT2D eigenvalue weighted by Crippen LogP contribution is -2.61. The van der Waals surface area contributed by atoms with Gasteiger partial charge in [0.1, 0.15) is 0 Å². The number of anilines is 2. The maximum absolute atomic E-state index is 13.9. The molecule has 2 heterocycles. The minimum atomic E-state index is -0.345. The van der Waals surface area contributed by atoms with Crippen LogP contribution in [0.5, 0.6) is 0 Å². The Hall–Kier alpha value is -3.31. The molecule has 0 aromatic heterocycles. The Bertz CT molecular complexity index is 1230. The summed E-state index contributed by atoms with van der Waals surface area (Å²) < 4.78 is 0. The van der Waals surface area contributed by atoms with E-state index in [4.69, 9.17) is 16.6 Å². The van der Waals surface area contributed by atoms with Crippen molar-refractivity contribution < 1.29 is 4.79 Å². The van der Waals surface area contributed by atoms with Crippen molar-refractivity contribution in [2.75, 3.05) is 17.0 Å². The van der Waals surface area contributed by atoms with E-state index < -0.39 is 0 Å². The molecule has 1 amide bonds. The zero-order valence-electron chi connectivity index (χ0n) is 18.6. The number of fused-ring (bicyclic) bond motifs is 4. The zero-order valence-corrected chi connectivity index (χ0v) is 19.3. The fourth-order valence-corrected chi connectivity index (χ4v) is 4.56. The summed E-state index contributed by atoms with van der Waals surface area (Å²) in [6, 6.07) is 23.5. The Morgan fingerprint density at radius 1 is 0.875 bits per heavy atom. The Morgan fingerprint density at radius 2 is 1.50 bits per heavy atom. The third kappa shape index (κ3) is 3.24. The molecule has 5 rings (SSSR count). The Morgan fingerprint density at radius 3 is 2.19 bits per heavy atom. The van der Waals surface area contributed by atoms with Gasteiger partial charge in [-0.05, 0) is 57.2 Å². The summed E-state index contributed by atoms with van der Waals surface area (Å²) in [6.45, 7) is 6.19. The van der Waals surface area contributed by atoms with E-state index >= 15 is 0 Å². The van der Waals surface area contributed by atoms with Crippen molar-refractivity contribution in [3.63, 3.8) is 0 Å². The second-order valence-electron chi connectivity index (χ2n) is 9.13. The average Bonchev–Trinajstić information content (AvgIpc) is 2.77. The van der Waals surface area contributed by atoms with E-state index in [2.05, 4.69) is 37.8 Å². The summed E-state index contributed by atoms with van der Waals surface area (Å²) in [5.74, 6) is 0.683. The standard InChI is InChI=1S/C26H25ClN4O/c1-26(2,3)28-23-19-9-5-6-10-20(19)24-29(4)22-12-8-7-11-21(22)25(32)31(24)30(23)18-15-13-17(27)14-16-18/h5-16,24H,1-4H3. The number of halogens is 1. The smallest absolute Gasteiger partial charge is 0.277 e. The van der Waals surface area contributed by atoms with Crippen LogP contribution in [0.1, 0.15) is 48.4 Å². The van der Waals surface area contributed by atoms with E-state index in [-0.39, 0.29) is 17.6 Å². The van der Waals surface area contributed by atoms with Crippen molar-refractivity contribution in [3.05, 3.63) is 94.5 Å². The molecule has 2 aliphatic rings. The predicted octanol–water partition coefficient (Wildman–Crippen LogP) is 5.91. The monoisotopic (exact) mass is 444 g/mol. The van der Waals surface area contributed by atoms with Gasteiger partial charge in [0.25, 0.3) is 5.91 Å². The Kier molecular flexibility index (Phi) is 4.75. The first-order valence-corrected chi connectivity index (χ1v) is 11.0. The van der Waals surface area contributed by atoms with Gasteiger partial charge in [-0.25, -0.2) is 10.0 Å². The van der Waals surface area contributed by atoms with E-state index in [1.54, 1.807) is 0 Å². The summed E-state index contributed by atoms with van der Waals surface area (Å²) in [5, 5.41) is 4.41. The molecule has 0 bridgehead atoms. The Labute approximate surface area is 193 Å². The molecule has 0 aliphatic carbocycles. The lowest BCUT2D eigenvalue weighted by molar-refractivity contribution is 0.0653. The number of carbonyl (C=O) groups is 1. The minimum Gasteiger partial charge on any atom is -0.348 e.